The SMILES string of the molecule is CN=C(NCCNC(=O)c1ccco1)N(C)Cc1cc(Br)cn1C. The average Bonchev–Trinajstić information content (AvgIpc) is 3.17. The first-order valence-electron chi connectivity index (χ1n) is 7.55. The van der Waals surface area contributed by atoms with E-state index in [1.54, 1.807) is 19.2 Å². The fourth-order valence-corrected chi connectivity index (χ4v) is 2.84. The Hall–Kier alpha value is -2.22. The van der Waals surface area contributed by atoms with Gasteiger partial charge >= 0.3 is 0 Å². The molecule has 0 radical (unpaired) electrons. The Morgan fingerprint density at radius 2 is 2.17 bits per heavy atom. The summed E-state index contributed by atoms with van der Waals surface area (Å²) in [5.41, 5.74) is 1.17. The zero-order valence-corrected chi connectivity index (χ0v) is 15.6. The van der Waals surface area contributed by atoms with E-state index in [1.807, 2.05) is 25.2 Å². The molecule has 8 heteroatoms. The number of hydrogen-bond donors (Lipinski definition) is 2. The average molecular weight is 396 g/mol. The number of aryl methyl sites for hydroxylation is 1. The van der Waals surface area contributed by atoms with Crippen molar-refractivity contribution < 1.29 is 9.21 Å². The van der Waals surface area contributed by atoms with Gasteiger partial charge in [-0.15, -0.1) is 0 Å². The van der Waals surface area contributed by atoms with Crippen molar-refractivity contribution in [1.82, 2.24) is 20.1 Å². The van der Waals surface area contributed by atoms with Crippen molar-refractivity contribution in [2.75, 3.05) is 27.2 Å². The van der Waals surface area contributed by atoms with E-state index >= 15 is 0 Å². The van der Waals surface area contributed by atoms with Crippen LogP contribution in [0.1, 0.15) is 16.2 Å². The minimum Gasteiger partial charge on any atom is -0.459 e. The van der Waals surface area contributed by atoms with Crippen molar-refractivity contribution in [3.8, 4) is 0 Å². The number of halogens is 1. The molecule has 0 aromatic carbocycles. The number of amides is 1. The molecule has 24 heavy (non-hydrogen) atoms. The van der Waals surface area contributed by atoms with Crippen LogP contribution in [0.3, 0.4) is 0 Å². The molecule has 0 spiro atoms. The zero-order valence-electron chi connectivity index (χ0n) is 14.0. The van der Waals surface area contributed by atoms with Crippen LogP contribution >= 0.6 is 15.9 Å². The van der Waals surface area contributed by atoms with Gasteiger partial charge in [-0.2, -0.15) is 0 Å². The van der Waals surface area contributed by atoms with E-state index in [9.17, 15) is 4.79 Å². The van der Waals surface area contributed by atoms with Gasteiger partial charge in [0, 0.05) is 50.6 Å². The first kappa shape index (κ1) is 18.1. The van der Waals surface area contributed by atoms with Gasteiger partial charge < -0.3 is 24.5 Å². The van der Waals surface area contributed by atoms with E-state index in [0.717, 1.165) is 17.0 Å². The number of nitrogens with one attached hydrogen (secondary N) is 2. The van der Waals surface area contributed by atoms with Crippen LogP contribution < -0.4 is 10.6 Å². The van der Waals surface area contributed by atoms with Gasteiger partial charge in [-0.1, -0.05) is 0 Å². The van der Waals surface area contributed by atoms with Gasteiger partial charge in [0.05, 0.1) is 12.8 Å². The highest BCUT2D eigenvalue weighted by Crippen LogP contribution is 2.14. The summed E-state index contributed by atoms with van der Waals surface area (Å²) in [6.45, 7) is 1.77. The first-order valence-corrected chi connectivity index (χ1v) is 8.34. The highest BCUT2D eigenvalue weighted by Gasteiger charge is 2.10. The second kappa shape index (κ2) is 8.58. The van der Waals surface area contributed by atoms with Crippen molar-refractivity contribution in [2.24, 2.45) is 12.0 Å². The molecule has 0 saturated heterocycles. The number of carbonyl (C=O) groups is 1. The smallest absolute Gasteiger partial charge is 0.287 e. The molecule has 0 aliphatic heterocycles. The molecule has 0 aliphatic rings. The largest absolute Gasteiger partial charge is 0.459 e. The maximum absolute atomic E-state index is 11.8. The normalized spacial score (nSPS) is 11.4. The second-order valence-corrected chi connectivity index (χ2v) is 6.24. The molecule has 130 valence electrons. The predicted molar refractivity (Wildman–Crippen MR) is 97.0 cm³/mol. The molecule has 2 N–H and O–H groups in total. The van der Waals surface area contributed by atoms with Crippen molar-refractivity contribution in [3.63, 3.8) is 0 Å². The summed E-state index contributed by atoms with van der Waals surface area (Å²) >= 11 is 3.48. The summed E-state index contributed by atoms with van der Waals surface area (Å²) in [6.07, 6.45) is 3.50. The minimum absolute atomic E-state index is 0.223. The quantitative estimate of drug-likeness (QED) is 0.444. The Labute approximate surface area is 149 Å². The number of furan rings is 1. The molecule has 0 saturated carbocycles. The maximum atomic E-state index is 11.8. The summed E-state index contributed by atoms with van der Waals surface area (Å²) < 4.78 is 8.16. The van der Waals surface area contributed by atoms with Crippen LogP contribution in [0.4, 0.5) is 0 Å². The Bertz CT molecular complexity index is 693. The molecule has 0 unspecified atom stereocenters. The standard InChI is InChI=1S/C16H22BrN5O2/c1-18-16(22(3)11-13-9-12(17)10-21(13)2)20-7-6-19-15(23)14-5-4-8-24-14/h4-5,8-10H,6-7,11H2,1-3H3,(H,18,20)(H,19,23). The maximum Gasteiger partial charge on any atom is 0.287 e. The lowest BCUT2D eigenvalue weighted by atomic mass is 10.4. The summed E-state index contributed by atoms with van der Waals surface area (Å²) in [5, 5.41) is 6.01. The lowest BCUT2D eigenvalue weighted by Gasteiger charge is -2.22. The molecule has 1 amide bonds. The lowest BCUT2D eigenvalue weighted by molar-refractivity contribution is 0.0926. The van der Waals surface area contributed by atoms with E-state index in [0.29, 0.717) is 18.8 Å². The number of hydrogen-bond acceptors (Lipinski definition) is 3. The topological polar surface area (TPSA) is 74.8 Å². The number of aromatic nitrogens is 1. The van der Waals surface area contributed by atoms with E-state index in [4.69, 9.17) is 4.42 Å². The van der Waals surface area contributed by atoms with E-state index in [-0.39, 0.29) is 5.91 Å². The van der Waals surface area contributed by atoms with Crippen LogP contribution in [0.15, 0.2) is 44.5 Å². The van der Waals surface area contributed by atoms with Crippen molar-refractivity contribution >= 4 is 27.8 Å². The van der Waals surface area contributed by atoms with Crippen LogP contribution in [-0.4, -0.2) is 48.5 Å². The van der Waals surface area contributed by atoms with Crippen molar-refractivity contribution in [3.05, 3.63) is 46.6 Å². The summed E-state index contributed by atoms with van der Waals surface area (Å²) in [6, 6.07) is 5.40. The van der Waals surface area contributed by atoms with Crippen LogP contribution in [0, 0.1) is 0 Å². The lowest BCUT2D eigenvalue weighted by Crippen LogP contribution is -2.42. The molecule has 2 rings (SSSR count). The third kappa shape index (κ3) is 4.89. The monoisotopic (exact) mass is 395 g/mol. The fourth-order valence-electron chi connectivity index (χ4n) is 2.27. The number of nitrogens with zero attached hydrogens (tertiary/aromatic N) is 3. The number of carbonyl (C=O) groups excluding carboxylic acids is 1. The Kier molecular flexibility index (Phi) is 6.48. The Balaban J connectivity index is 1.77. The van der Waals surface area contributed by atoms with Crippen molar-refractivity contribution in [2.45, 2.75) is 6.54 Å². The second-order valence-electron chi connectivity index (χ2n) is 5.32. The Morgan fingerprint density at radius 1 is 1.42 bits per heavy atom. The number of rotatable bonds is 6. The van der Waals surface area contributed by atoms with Gasteiger partial charge in [0.1, 0.15) is 0 Å². The summed E-state index contributed by atoms with van der Waals surface area (Å²) in [5.74, 6) is 0.851. The van der Waals surface area contributed by atoms with Crippen molar-refractivity contribution in [1.29, 1.82) is 0 Å². The van der Waals surface area contributed by atoms with E-state index < -0.39 is 0 Å². The van der Waals surface area contributed by atoms with Gasteiger partial charge in [-0.3, -0.25) is 9.79 Å². The summed E-state index contributed by atoms with van der Waals surface area (Å²) in [4.78, 5) is 18.0. The number of aliphatic imine (C=N–C) groups is 1. The molecular formula is C16H22BrN5O2. The molecule has 2 aromatic rings. The summed E-state index contributed by atoms with van der Waals surface area (Å²) in [7, 11) is 5.72. The molecule has 7 nitrogen and oxygen atoms in total. The van der Waals surface area contributed by atoms with Gasteiger partial charge in [0.2, 0.25) is 0 Å². The highest BCUT2D eigenvalue weighted by molar-refractivity contribution is 9.10. The molecule has 0 aliphatic carbocycles. The van der Waals surface area contributed by atoms with E-state index in [1.165, 1.54) is 12.0 Å². The highest BCUT2D eigenvalue weighted by atomic mass is 79.9. The van der Waals surface area contributed by atoms with Gasteiger partial charge in [-0.25, -0.2) is 0 Å². The van der Waals surface area contributed by atoms with Crippen LogP contribution in [0.5, 0.6) is 0 Å². The first-order chi connectivity index (χ1) is 11.5. The van der Waals surface area contributed by atoms with Crippen LogP contribution in [0.2, 0.25) is 0 Å². The molecule has 0 bridgehead atoms. The van der Waals surface area contributed by atoms with Gasteiger partial charge in [0.25, 0.3) is 5.91 Å². The zero-order chi connectivity index (χ0) is 17.5. The minimum atomic E-state index is -0.223. The molecule has 2 aromatic heterocycles. The molecular weight excluding hydrogens is 374 g/mol. The molecule has 0 fully saturated rings. The van der Waals surface area contributed by atoms with Crippen LogP contribution in [0.25, 0.3) is 0 Å². The third-order valence-electron chi connectivity index (χ3n) is 3.49. The van der Waals surface area contributed by atoms with E-state index in [2.05, 4.69) is 42.2 Å². The molecule has 0 atom stereocenters. The van der Waals surface area contributed by atoms with Gasteiger partial charge in [-0.05, 0) is 34.1 Å². The third-order valence-corrected chi connectivity index (χ3v) is 3.92. The Morgan fingerprint density at radius 3 is 2.75 bits per heavy atom. The number of guanidine groups is 1. The predicted octanol–water partition coefficient (Wildman–Crippen LogP) is 1.82. The molecule has 2 heterocycles. The van der Waals surface area contributed by atoms with Gasteiger partial charge in [0.15, 0.2) is 11.7 Å². The fraction of sp³-hybridized carbons (Fsp3) is 0.375. The van der Waals surface area contributed by atoms with Crippen LogP contribution in [-0.2, 0) is 13.6 Å².